The minimum Gasteiger partial charge on any atom is -0.478 e. The van der Waals surface area contributed by atoms with E-state index in [0.29, 0.717) is 11.6 Å². The van der Waals surface area contributed by atoms with Gasteiger partial charge in [0.25, 0.3) is 0 Å². The van der Waals surface area contributed by atoms with E-state index in [1.807, 2.05) is 31.2 Å². The molecule has 0 aliphatic heterocycles. The molecule has 1 aromatic rings. The molecule has 0 amide bonds. The van der Waals surface area contributed by atoms with Gasteiger partial charge >= 0.3 is 5.97 Å². The number of carbonyl (C=O) groups is 1. The molecule has 1 aromatic carbocycles. The summed E-state index contributed by atoms with van der Waals surface area (Å²) in [5, 5.41) is 12.3. The Labute approximate surface area is 99.7 Å². The van der Waals surface area contributed by atoms with E-state index in [-0.39, 0.29) is 6.04 Å². The second kappa shape index (κ2) is 6.30. The molecule has 4 heteroatoms. The number of aliphatic carboxylic acids is 1. The van der Waals surface area contributed by atoms with Crippen molar-refractivity contribution >= 4 is 17.6 Å². The number of hydrogen-bond acceptors (Lipinski definition) is 2. The molecule has 0 aliphatic carbocycles. The van der Waals surface area contributed by atoms with Gasteiger partial charge in [-0.05, 0) is 24.6 Å². The molecule has 0 aromatic heterocycles. The molecule has 0 fully saturated rings. The lowest BCUT2D eigenvalue weighted by atomic mass is 10.1. The Kier molecular flexibility index (Phi) is 5.02. The van der Waals surface area contributed by atoms with E-state index in [9.17, 15) is 4.79 Å². The summed E-state index contributed by atoms with van der Waals surface area (Å²) >= 11 is 5.87. The van der Waals surface area contributed by atoms with Crippen molar-refractivity contribution in [3.63, 3.8) is 0 Å². The SMILES string of the molecule is CC(NC/C=C/C(=O)O)c1cccc(Cl)c1. The first-order valence-electron chi connectivity index (χ1n) is 4.98. The molecule has 0 radical (unpaired) electrons. The average molecular weight is 240 g/mol. The summed E-state index contributed by atoms with van der Waals surface area (Å²) in [7, 11) is 0. The molecule has 3 nitrogen and oxygen atoms in total. The highest BCUT2D eigenvalue weighted by Crippen LogP contribution is 2.16. The van der Waals surface area contributed by atoms with E-state index in [0.717, 1.165) is 11.6 Å². The van der Waals surface area contributed by atoms with Crippen molar-refractivity contribution < 1.29 is 9.90 Å². The van der Waals surface area contributed by atoms with Crippen LogP contribution in [0.15, 0.2) is 36.4 Å². The van der Waals surface area contributed by atoms with Crippen LogP contribution in [0.4, 0.5) is 0 Å². The zero-order valence-electron chi connectivity index (χ0n) is 8.98. The Balaban J connectivity index is 2.46. The van der Waals surface area contributed by atoms with Crippen LogP contribution in [0.5, 0.6) is 0 Å². The van der Waals surface area contributed by atoms with E-state index < -0.39 is 5.97 Å². The van der Waals surface area contributed by atoms with Crippen LogP contribution < -0.4 is 5.32 Å². The number of carboxylic acids is 1. The van der Waals surface area contributed by atoms with Gasteiger partial charge in [0.15, 0.2) is 0 Å². The number of carboxylic acid groups (broad SMARTS) is 1. The van der Waals surface area contributed by atoms with Crippen LogP contribution >= 0.6 is 11.6 Å². The lowest BCUT2D eigenvalue weighted by Crippen LogP contribution is -2.18. The Bertz CT molecular complexity index is 390. The van der Waals surface area contributed by atoms with Crippen molar-refractivity contribution in [2.75, 3.05) is 6.54 Å². The van der Waals surface area contributed by atoms with Crippen molar-refractivity contribution in [3.05, 3.63) is 47.0 Å². The maximum Gasteiger partial charge on any atom is 0.328 e. The molecule has 0 spiro atoms. The number of rotatable bonds is 5. The van der Waals surface area contributed by atoms with Crippen molar-refractivity contribution in [1.29, 1.82) is 0 Å². The second-order valence-electron chi connectivity index (χ2n) is 3.43. The molecule has 86 valence electrons. The summed E-state index contributed by atoms with van der Waals surface area (Å²) in [6.45, 7) is 2.51. The van der Waals surface area contributed by atoms with Crippen molar-refractivity contribution in [1.82, 2.24) is 5.32 Å². The van der Waals surface area contributed by atoms with Gasteiger partial charge in [-0.3, -0.25) is 0 Å². The number of halogens is 1. The van der Waals surface area contributed by atoms with E-state index in [2.05, 4.69) is 5.32 Å². The predicted octanol–water partition coefficient (Wildman–Crippen LogP) is 2.63. The first kappa shape index (κ1) is 12.7. The quantitative estimate of drug-likeness (QED) is 0.777. The van der Waals surface area contributed by atoms with Crippen LogP contribution in [0.25, 0.3) is 0 Å². The van der Waals surface area contributed by atoms with E-state index in [1.165, 1.54) is 0 Å². The molecule has 0 saturated heterocycles. The predicted molar refractivity (Wildman–Crippen MR) is 64.6 cm³/mol. The lowest BCUT2D eigenvalue weighted by Gasteiger charge is -2.12. The van der Waals surface area contributed by atoms with Gasteiger partial charge in [-0.2, -0.15) is 0 Å². The first-order chi connectivity index (χ1) is 7.59. The van der Waals surface area contributed by atoms with Gasteiger partial charge < -0.3 is 10.4 Å². The summed E-state index contributed by atoms with van der Waals surface area (Å²) in [5.74, 6) is -0.933. The maximum atomic E-state index is 10.2. The summed E-state index contributed by atoms with van der Waals surface area (Å²) in [5.41, 5.74) is 1.08. The van der Waals surface area contributed by atoms with Gasteiger partial charge in [-0.15, -0.1) is 0 Å². The van der Waals surface area contributed by atoms with E-state index in [1.54, 1.807) is 6.08 Å². The molecule has 1 unspecified atom stereocenters. The first-order valence-corrected chi connectivity index (χ1v) is 5.35. The third-order valence-electron chi connectivity index (χ3n) is 2.15. The fourth-order valence-electron chi connectivity index (χ4n) is 1.30. The Morgan fingerprint density at radius 1 is 1.62 bits per heavy atom. The number of hydrogen-bond donors (Lipinski definition) is 2. The van der Waals surface area contributed by atoms with Crippen molar-refractivity contribution in [3.8, 4) is 0 Å². The standard InChI is InChI=1S/C12H14ClNO2/c1-9(14-7-3-6-12(15)16)10-4-2-5-11(13)8-10/h2-6,8-9,14H,7H2,1H3,(H,15,16)/b6-3+. The minimum absolute atomic E-state index is 0.136. The van der Waals surface area contributed by atoms with Crippen LogP contribution in [0, 0.1) is 0 Å². The van der Waals surface area contributed by atoms with Crippen LogP contribution in [0.1, 0.15) is 18.5 Å². The van der Waals surface area contributed by atoms with Gasteiger partial charge in [0.05, 0.1) is 0 Å². The van der Waals surface area contributed by atoms with Crippen LogP contribution in [-0.4, -0.2) is 17.6 Å². The Hall–Kier alpha value is -1.32. The van der Waals surface area contributed by atoms with Crippen LogP contribution in [0.2, 0.25) is 5.02 Å². The highest BCUT2D eigenvalue weighted by atomic mass is 35.5. The summed E-state index contributed by atoms with van der Waals surface area (Å²) in [6.07, 6.45) is 2.70. The zero-order chi connectivity index (χ0) is 12.0. The second-order valence-corrected chi connectivity index (χ2v) is 3.86. The van der Waals surface area contributed by atoms with Gasteiger partial charge in [0.1, 0.15) is 0 Å². The molecule has 16 heavy (non-hydrogen) atoms. The maximum absolute atomic E-state index is 10.2. The number of nitrogens with one attached hydrogen (secondary N) is 1. The van der Waals surface area contributed by atoms with Gasteiger partial charge in [-0.1, -0.05) is 29.8 Å². The molecular weight excluding hydrogens is 226 g/mol. The monoisotopic (exact) mass is 239 g/mol. The molecule has 0 bridgehead atoms. The van der Waals surface area contributed by atoms with E-state index >= 15 is 0 Å². The number of benzene rings is 1. The fraction of sp³-hybridized carbons (Fsp3) is 0.250. The zero-order valence-corrected chi connectivity index (χ0v) is 9.74. The molecule has 1 rings (SSSR count). The van der Waals surface area contributed by atoms with Crippen molar-refractivity contribution in [2.24, 2.45) is 0 Å². The summed E-state index contributed by atoms with van der Waals surface area (Å²) in [6, 6.07) is 7.72. The summed E-state index contributed by atoms with van der Waals surface area (Å²) in [4.78, 5) is 10.2. The largest absolute Gasteiger partial charge is 0.478 e. The van der Waals surface area contributed by atoms with Gasteiger partial charge in [0.2, 0.25) is 0 Å². The molecule has 2 N–H and O–H groups in total. The molecule has 1 atom stereocenters. The molecule has 0 heterocycles. The molecule has 0 saturated carbocycles. The van der Waals surface area contributed by atoms with E-state index in [4.69, 9.17) is 16.7 Å². The van der Waals surface area contributed by atoms with Gasteiger partial charge in [0, 0.05) is 23.7 Å². The minimum atomic E-state index is -0.933. The molecular formula is C12H14ClNO2. The van der Waals surface area contributed by atoms with Gasteiger partial charge in [-0.25, -0.2) is 4.79 Å². The topological polar surface area (TPSA) is 49.3 Å². The lowest BCUT2D eigenvalue weighted by molar-refractivity contribution is -0.131. The molecule has 0 aliphatic rings. The Morgan fingerprint density at radius 3 is 3.00 bits per heavy atom. The van der Waals surface area contributed by atoms with Crippen molar-refractivity contribution in [2.45, 2.75) is 13.0 Å². The highest BCUT2D eigenvalue weighted by molar-refractivity contribution is 6.30. The third kappa shape index (κ3) is 4.47. The average Bonchev–Trinajstić information content (AvgIpc) is 2.24. The normalized spacial score (nSPS) is 12.9. The van der Waals surface area contributed by atoms with Crippen LogP contribution in [-0.2, 0) is 4.79 Å². The fourth-order valence-corrected chi connectivity index (χ4v) is 1.50. The Morgan fingerprint density at radius 2 is 2.38 bits per heavy atom. The smallest absolute Gasteiger partial charge is 0.328 e. The van der Waals surface area contributed by atoms with Crippen LogP contribution in [0.3, 0.4) is 0 Å². The third-order valence-corrected chi connectivity index (χ3v) is 2.39. The summed E-state index contributed by atoms with van der Waals surface area (Å²) < 4.78 is 0. The highest BCUT2D eigenvalue weighted by Gasteiger charge is 2.03.